The number of fused-ring (bicyclic) bond motifs is 3. The van der Waals surface area contributed by atoms with E-state index in [0.717, 1.165) is 25.7 Å². The Morgan fingerprint density at radius 1 is 0.926 bits per heavy atom. The van der Waals surface area contributed by atoms with Gasteiger partial charge in [0.15, 0.2) is 11.5 Å². The summed E-state index contributed by atoms with van der Waals surface area (Å²) >= 11 is 0. The summed E-state index contributed by atoms with van der Waals surface area (Å²) in [7, 11) is 0. The minimum Gasteiger partial charge on any atom is -0.486 e. The lowest BCUT2D eigenvalue weighted by Gasteiger charge is -2.39. The van der Waals surface area contributed by atoms with Crippen LogP contribution in [0.4, 0.5) is 4.39 Å². The second-order valence-corrected chi connectivity index (χ2v) is 7.68. The molecule has 1 amide bonds. The smallest absolute Gasteiger partial charge is 0.254 e. The fourth-order valence-corrected chi connectivity index (χ4v) is 4.84. The van der Waals surface area contributed by atoms with Gasteiger partial charge in [0.05, 0.1) is 0 Å². The van der Waals surface area contributed by atoms with Crippen molar-refractivity contribution in [1.29, 1.82) is 0 Å². The number of carbonyl (C=O) groups excluding carboxylic acids is 1. The summed E-state index contributed by atoms with van der Waals surface area (Å²) in [4.78, 5) is 15.3. The van der Waals surface area contributed by atoms with Crippen molar-refractivity contribution in [2.24, 2.45) is 0 Å². The average molecular weight is 367 g/mol. The van der Waals surface area contributed by atoms with Crippen molar-refractivity contribution in [2.75, 3.05) is 13.2 Å². The summed E-state index contributed by atoms with van der Waals surface area (Å²) in [5.74, 6) is 1.63. The molecule has 27 heavy (non-hydrogen) atoms. The van der Waals surface area contributed by atoms with Crippen LogP contribution >= 0.6 is 0 Å². The lowest BCUT2D eigenvalue weighted by molar-refractivity contribution is 0.0570. The van der Waals surface area contributed by atoms with Crippen molar-refractivity contribution in [1.82, 2.24) is 4.90 Å². The van der Waals surface area contributed by atoms with Gasteiger partial charge in [0.25, 0.3) is 5.91 Å². The SMILES string of the molecule is O=C(c1ccc2c(c1)OCCO2)N1[C@H]2CC[C@H]1CC(c1ccc(F)cc1)C2. The van der Waals surface area contributed by atoms with Crippen LogP contribution in [-0.4, -0.2) is 36.1 Å². The zero-order valence-electron chi connectivity index (χ0n) is 15.1. The Morgan fingerprint density at radius 2 is 1.59 bits per heavy atom. The van der Waals surface area contributed by atoms with Gasteiger partial charge < -0.3 is 14.4 Å². The molecule has 5 rings (SSSR count). The van der Waals surface area contributed by atoms with Crippen molar-refractivity contribution < 1.29 is 18.7 Å². The van der Waals surface area contributed by atoms with E-state index in [4.69, 9.17) is 9.47 Å². The van der Waals surface area contributed by atoms with Crippen LogP contribution in [0.1, 0.15) is 47.5 Å². The molecule has 2 aromatic rings. The third kappa shape index (κ3) is 2.95. The summed E-state index contributed by atoms with van der Waals surface area (Å²) in [6.45, 7) is 1.06. The highest BCUT2D eigenvalue weighted by atomic mass is 19.1. The Morgan fingerprint density at radius 3 is 2.30 bits per heavy atom. The lowest BCUT2D eigenvalue weighted by atomic mass is 9.85. The van der Waals surface area contributed by atoms with E-state index >= 15 is 0 Å². The number of rotatable bonds is 2. The van der Waals surface area contributed by atoms with Crippen molar-refractivity contribution >= 4 is 5.91 Å². The van der Waals surface area contributed by atoms with Crippen LogP contribution in [0, 0.1) is 5.82 Å². The number of halogens is 1. The van der Waals surface area contributed by atoms with E-state index in [-0.39, 0.29) is 23.8 Å². The highest BCUT2D eigenvalue weighted by Crippen LogP contribution is 2.44. The summed E-state index contributed by atoms with van der Waals surface area (Å²) in [6.07, 6.45) is 3.97. The largest absolute Gasteiger partial charge is 0.486 e. The molecule has 2 saturated heterocycles. The first kappa shape index (κ1) is 16.6. The monoisotopic (exact) mass is 367 g/mol. The number of carbonyl (C=O) groups is 1. The number of hydrogen-bond acceptors (Lipinski definition) is 3. The van der Waals surface area contributed by atoms with E-state index in [1.54, 1.807) is 0 Å². The van der Waals surface area contributed by atoms with Gasteiger partial charge in [0.1, 0.15) is 19.0 Å². The molecule has 0 aliphatic carbocycles. The highest BCUT2D eigenvalue weighted by Gasteiger charge is 2.43. The van der Waals surface area contributed by atoms with Gasteiger partial charge in [-0.3, -0.25) is 4.79 Å². The number of nitrogens with zero attached hydrogens (tertiary/aromatic N) is 1. The van der Waals surface area contributed by atoms with Crippen molar-refractivity contribution in [2.45, 2.75) is 43.7 Å². The van der Waals surface area contributed by atoms with Gasteiger partial charge in [0, 0.05) is 17.6 Å². The summed E-state index contributed by atoms with van der Waals surface area (Å²) in [5.41, 5.74) is 1.84. The van der Waals surface area contributed by atoms with Gasteiger partial charge in [-0.2, -0.15) is 0 Å². The van der Waals surface area contributed by atoms with Crippen LogP contribution in [0.3, 0.4) is 0 Å². The average Bonchev–Trinajstić information content (AvgIpc) is 2.97. The van der Waals surface area contributed by atoms with Crippen LogP contribution in [0.25, 0.3) is 0 Å². The molecule has 2 bridgehead atoms. The fourth-order valence-electron chi connectivity index (χ4n) is 4.84. The van der Waals surface area contributed by atoms with Crippen LogP contribution in [-0.2, 0) is 0 Å². The van der Waals surface area contributed by atoms with E-state index in [1.807, 2.05) is 30.3 Å². The zero-order chi connectivity index (χ0) is 18.4. The first-order valence-corrected chi connectivity index (χ1v) is 9.67. The molecular weight excluding hydrogens is 345 g/mol. The summed E-state index contributed by atoms with van der Waals surface area (Å²) in [6, 6.07) is 12.8. The Kier molecular flexibility index (Phi) is 4.03. The maximum Gasteiger partial charge on any atom is 0.254 e. The van der Waals surface area contributed by atoms with Crippen LogP contribution in [0.15, 0.2) is 42.5 Å². The Hall–Kier alpha value is -2.56. The van der Waals surface area contributed by atoms with Gasteiger partial charge in [-0.25, -0.2) is 4.39 Å². The summed E-state index contributed by atoms with van der Waals surface area (Å²) in [5, 5.41) is 0. The zero-order valence-corrected chi connectivity index (χ0v) is 15.1. The normalized spacial score (nSPS) is 26.1. The highest BCUT2D eigenvalue weighted by molar-refractivity contribution is 5.95. The van der Waals surface area contributed by atoms with E-state index in [9.17, 15) is 9.18 Å². The molecule has 5 heteroatoms. The molecule has 0 spiro atoms. The fraction of sp³-hybridized carbons (Fsp3) is 0.409. The maximum atomic E-state index is 13.2. The Labute approximate surface area is 157 Å². The molecule has 4 nitrogen and oxygen atoms in total. The van der Waals surface area contributed by atoms with E-state index in [1.165, 1.54) is 17.7 Å². The van der Waals surface area contributed by atoms with Crippen LogP contribution in [0.5, 0.6) is 11.5 Å². The molecule has 0 saturated carbocycles. The number of hydrogen-bond donors (Lipinski definition) is 0. The second kappa shape index (κ2) is 6.55. The van der Waals surface area contributed by atoms with Gasteiger partial charge in [-0.05, 0) is 67.5 Å². The Balaban J connectivity index is 1.36. The quantitative estimate of drug-likeness (QED) is 0.800. The van der Waals surface area contributed by atoms with E-state index < -0.39 is 0 Å². The standard InChI is InChI=1S/C22H22FNO3/c23-17-4-1-14(2-5-17)16-11-18-6-7-19(12-16)24(18)22(25)15-3-8-20-21(13-15)27-10-9-26-20/h1-5,8,13,16,18-19H,6-7,9-12H2/t18-,19-/m0/s1. The molecule has 0 N–H and O–H groups in total. The molecule has 2 atom stereocenters. The second-order valence-electron chi connectivity index (χ2n) is 7.68. The van der Waals surface area contributed by atoms with Crippen molar-refractivity contribution in [3.8, 4) is 11.5 Å². The maximum absolute atomic E-state index is 13.2. The molecule has 3 heterocycles. The molecule has 140 valence electrons. The first-order valence-electron chi connectivity index (χ1n) is 9.67. The molecule has 0 aromatic heterocycles. The van der Waals surface area contributed by atoms with Gasteiger partial charge in [0.2, 0.25) is 0 Å². The third-order valence-corrected chi connectivity index (χ3v) is 6.10. The topological polar surface area (TPSA) is 38.8 Å². The Bertz CT molecular complexity index is 852. The predicted molar refractivity (Wildman–Crippen MR) is 98.8 cm³/mol. The molecular formula is C22H22FNO3. The molecule has 2 fully saturated rings. The number of piperidine rings is 1. The number of amides is 1. The minimum atomic E-state index is -0.201. The van der Waals surface area contributed by atoms with Crippen molar-refractivity contribution in [3.63, 3.8) is 0 Å². The van der Waals surface area contributed by atoms with E-state index in [0.29, 0.717) is 36.2 Å². The molecule has 3 aliphatic rings. The predicted octanol–water partition coefficient (Wildman–Crippen LogP) is 4.15. The van der Waals surface area contributed by atoms with Gasteiger partial charge in [-0.15, -0.1) is 0 Å². The molecule has 0 radical (unpaired) electrons. The molecule has 0 unspecified atom stereocenters. The van der Waals surface area contributed by atoms with Gasteiger partial charge >= 0.3 is 0 Å². The van der Waals surface area contributed by atoms with E-state index in [2.05, 4.69) is 4.90 Å². The third-order valence-electron chi connectivity index (χ3n) is 6.10. The summed E-state index contributed by atoms with van der Waals surface area (Å²) < 4.78 is 24.4. The van der Waals surface area contributed by atoms with Crippen LogP contribution in [0.2, 0.25) is 0 Å². The van der Waals surface area contributed by atoms with Crippen LogP contribution < -0.4 is 9.47 Å². The number of benzene rings is 2. The number of ether oxygens (including phenoxy) is 2. The lowest BCUT2D eigenvalue weighted by Crippen LogP contribution is -2.46. The molecule has 2 aromatic carbocycles. The van der Waals surface area contributed by atoms with Gasteiger partial charge in [-0.1, -0.05) is 12.1 Å². The molecule has 3 aliphatic heterocycles. The minimum absolute atomic E-state index is 0.0806. The van der Waals surface area contributed by atoms with Crippen molar-refractivity contribution in [3.05, 3.63) is 59.4 Å². The first-order chi connectivity index (χ1) is 13.2.